The molecular weight excluding hydrogens is 347 g/mol. The van der Waals surface area contributed by atoms with Crippen molar-refractivity contribution in [2.24, 2.45) is 0 Å². The van der Waals surface area contributed by atoms with Gasteiger partial charge in [0.1, 0.15) is 5.15 Å². The van der Waals surface area contributed by atoms with E-state index < -0.39 is 0 Å². The molecule has 0 saturated heterocycles. The predicted octanol–water partition coefficient (Wildman–Crippen LogP) is 4.51. The number of benzene rings is 1. The van der Waals surface area contributed by atoms with Gasteiger partial charge in [0.2, 0.25) is 0 Å². The number of hydrogen-bond acceptors (Lipinski definition) is 2. The molecule has 1 aromatic heterocycles. The summed E-state index contributed by atoms with van der Waals surface area (Å²) in [6.07, 6.45) is 1.74. The Morgan fingerprint density at radius 1 is 1.18 bits per heavy atom. The molecule has 2 aromatic rings. The number of pyridine rings is 1. The van der Waals surface area contributed by atoms with Crippen LogP contribution in [-0.2, 0) is 0 Å². The first-order valence-electron chi connectivity index (χ1n) is 5.29. The van der Waals surface area contributed by atoms with Gasteiger partial charge in [0.25, 0.3) is 0 Å². The number of rotatable bonds is 3. The molecule has 88 valence electrons. The van der Waals surface area contributed by atoms with Crippen molar-refractivity contribution in [3.63, 3.8) is 0 Å². The van der Waals surface area contributed by atoms with Crippen molar-refractivity contribution in [1.82, 2.24) is 4.98 Å². The van der Waals surface area contributed by atoms with Crippen LogP contribution >= 0.6 is 34.2 Å². The predicted molar refractivity (Wildman–Crippen MR) is 80.4 cm³/mol. The number of nitrogens with one attached hydrogen (secondary N) is 1. The summed E-state index contributed by atoms with van der Waals surface area (Å²) in [5, 5.41) is 3.89. The Morgan fingerprint density at radius 2 is 1.88 bits per heavy atom. The molecular formula is C13H12ClIN2. The lowest BCUT2D eigenvalue weighted by atomic mass is 10.1. The molecule has 1 heterocycles. The van der Waals surface area contributed by atoms with E-state index in [1.54, 1.807) is 12.3 Å². The molecule has 4 heteroatoms. The third-order valence-corrected chi connectivity index (χ3v) is 3.42. The van der Waals surface area contributed by atoms with Gasteiger partial charge in [-0.2, -0.15) is 0 Å². The summed E-state index contributed by atoms with van der Waals surface area (Å²) in [6.45, 7) is 2.12. The van der Waals surface area contributed by atoms with Crippen LogP contribution in [0.2, 0.25) is 5.15 Å². The SMILES string of the molecule is CC(Nc1ccc(Cl)nc1)c1ccc(I)cc1. The van der Waals surface area contributed by atoms with Gasteiger partial charge in [-0.25, -0.2) is 4.98 Å². The van der Waals surface area contributed by atoms with Crippen LogP contribution < -0.4 is 5.32 Å². The lowest BCUT2D eigenvalue weighted by Crippen LogP contribution is -2.06. The zero-order valence-corrected chi connectivity index (χ0v) is 12.2. The highest BCUT2D eigenvalue weighted by molar-refractivity contribution is 14.1. The molecule has 1 unspecified atom stereocenters. The molecule has 0 fully saturated rings. The van der Waals surface area contributed by atoms with Gasteiger partial charge >= 0.3 is 0 Å². The third kappa shape index (κ3) is 3.57. The lowest BCUT2D eigenvalue weighted by Gasteiger charge is -2.15. The van der Waals surface area contributed by atoms with E-state index in [1.807, 2.05) is 6.07 Å². The highest BCUT2D eigenvalue weighted by Crippen LogP contribution is 2.20. The minimum absolute atomic E-state index is 0.245. The molecule has 0 spiro atoms. The van der Waals surface area contributed by atoms with Gasteiger partial charge in [0.15, 0.2) is 0 Å². The zero-order valence-electron chi connectivity index (χ0n) is 9.32. The van der Waals surface area contributed by atoms with E-state index >= 15 is 0 Å². The van der Waals surface area contributed by atoms with Crippen LogP contribution in [0, 0.1) is 3.57 Å². The molecule has 17 heavy (non-hydrogen) atoms. The third-order valence-electron chi connectivity index (χ3n) is 2.48. The Hall–Kier alpha value is -0.810. The van der Waals surface area contributed by atoms with Gasteiger partial charge in [0, 0.05) is 9.61 Å². The number of nitrogens with zero attached hydrogens (tertiary/aromatic N) is 1. The fourth-order valence-corrected chi connectivity index (χ4v) is 2.02. The van der Waals surface area contributed by atoms with Crippen LogP contribution in [0.4, 0.5) is 5.69 Å². The van der Waals surface area contributed by atoms with E-state index in [-0.39, 0.29) is 6.04 Å². The van der Waals surface area contributed by atoms with Crippen LogP contribution in [0.5, 0.6) is 0 Å². The van der Waals surface area contributed by atoms with Crippen LogP contribution in [0.25, 0.3) is 0 Å². The van der Waals surface area contributed by atoms with Crippen LogP contribution in [0.1, 0.15) is 18.5 Å². The highest BCUT2D eigenvalue weighted by atomic mass is 127. The number of anilines is 1. The van der Waals surface area contributed by atoms with Crippen LogP contribution in [0.15, 0.2) is 42.6 Å². The molecule has 0 aliphatic carbocycles. The van der Waals surface area contributed by atoms with Crippen LogP contribution in [-0.4, -0.2) is 4.98 Å². The van der Waals surface area contributed by atoms with Gasteiger partial charge in [0.05, 0.1) is 11.9 Å². The maximum absolute atomic E-state index is 5.74. The van der Waals surface area contributed by atoms with Crippen molar-refractivity contribution in [3.05, 3.63) is 56.9 Å². The van der Waals surface area contributed by atoms with E-state index in [2.05, 4.69) is 64.1 Å². The fraction of sp³-hybridized carbons (Fsp3) is 0.154. The van der Waals surface area contributed by atoms with E-state index in [0.717, 1.165) is 5.69 Å². The normalized spacial score (nSPS) is 12.2. The highest BCUT2D eigenvalue weighted by Gasteiger charge is 2.05. The van der Waals surface area contributed by atoms with Crippen molar-refractivity contribution in [2.75, 3.05) is 5.32 Å². The average molecular weight is 359 g/mol. The van der Waals surface area contributed by atoms with Crippen molar-refractivity contribution >= 4 is 39.9 Å². The maximum Gasteiger partial charge on any atom is 0.129 e. The first-order valence-corrected chi connectivity index (χ1v) is 6.74. The summed E-state index contributed by atoms with van der Waals surface area (Å²) in [7, 11) is 0. The summed E-state index contributed by atoms with van der Waals surface area (Å²) in [5.41, 5.74) is 2.22. The molecule has 0 bridgehead atoms. The minimum Gasteiger partial charge on any atom is -0.377 e. The summed E-state index contributed by atoms with van der Waals surface area (Å²) in [5.74, 6) is 0. The Bertz CT molecular complexity index is 482. The first kappa shape index (κ1) is 12.6. The van der Waals surface area contributed by atoms with Gasteiger partial charge in [-0.3, -0.25) is 0 Å². The Labute approximate surface area is 120 Å². The van der Waals surface area contributed by atoms with Crippen molar-refractivity contribution in [1.29, 1.82) is 0 Å². The van der Waals surface area contributed by atoms with E-state index in [4.69, 9.17) is 11.6 Å². The standard InChI is InChI=1S/C13H12ClIN2/c1-9(10-2-4-11(15)5-3-10)17-12-6-7-13(14)16-8-12/h2-9,17H,1H3. The molecule has 2 rings (SSSR count). The van der Waals surface area contributed by atoms with E-state index in [9.17, 15) is 0 Å². The lowest BCUT2D eigenvalue weighted by molar-refractivity contribution is 0.882. The molecule has 1 N–H and O–H groups in total. The second-order valence-electron chi connectivity index (χ2n) is 3.79. The first-order chi connectivity index (χ1) is 8.15. The molecule has 0 saturated carbocycles. The summed E-state index contributed by atoms with van der Waals surface area (Å²) in [6, 6.07) is 12.4. The van der Waals surface area contributed by atoms with Crippen molar-refractivity contribution in [2.45, 2.75) is 13.0 Å². The second-order valence-corrected chi connectivity index (χ2v) is 5.42. The monoisotopic (exact) mass is 358 g/mol. The van der Waals surface area contributed by atoms with Gasteiger partial charge < -0.3 is 5.32 Å². The van der Waals surface area contributed by atoms with Crippen LogP contribution in [0.3, 0.4) is 0 Å². The molecule has 0 aliphatic heterocycles. The smallest absolute Gasteiger partial charge is 0.129 e. The molecule has 1 aromatic carbocycles. The van der Waals surface area contributed by atoms with Gasteiger partial charge in [-0.15, -0.1) is 0 Å². The zero-order chi connectivity index (χ0) is 12.3. The van der Waals surface area contributed by atoms with Gasteiger partial charge in [-0.05, 0) is 59.3 Å². The second kappa shape index (κ2) is 5.69. The van der Waals surface area contributed by atoms with Gasteiger partial charge in [-0.1, -0.05) is 23.7 Å². The van der Waals surface area contributed by atoms with Crippen molar-refractivity contribution < 1.29 is 0 Å². The largest absolute Gasteiger partial charge is 0.377 e. The Balaban J connectivity index is 2.08. The Kier molecular flexibility index (Phi) is 4.23. The van der Waals surface area contributed by atoms with E-state index in [1.165, 1.54) is 9.13 Å². The summed E-state index contributed by atoms with van der Waals surface area (Å²) < 4.78 is 1.24. The molecule has 0 aliphatic rings. The molecule has 0 amide bonds. The number of aromatic nitrogens is 1. The maximum atomic E-state index is 5.74. The number of hydrogen-bond donors (Lipinski definition) is 1. The summed E-state index contributed by atoms with van der Waals surface area (Å²) in [4.78, 5) is 4.04. The minimum atomic E-state index is 0.245. The fourth-order valence-electron chi connectivity index (χ4n) is 1.55. The average Bonchev–Trinajstić information content (AvgIpc) is 2.33. The topological polar surface area (TPSA) is 24.9 Å². The Morgan fingerprint density at radius 3 is 2.47 bits per heavy atom. The quantitative estimate of drug-likeness (QED) is 0.645. The molecule has 0 radical (unpaired) electrons. The van der Waals surface area contributed by atoms with Crippen molar-refractivity contribution in [3.8, 4) is 0 Å². The summed E-state index contributed by atoms with van der Waals surface area (Å²) >= 11 is 8.04. The molecule has 1 atom stereocenters. The number of halogens is 2. The van der Waals surface area contributed by atoms with E-state index in [0.29, 0.717) is 5.15 Å². The molecule has 2 nitrogen and oxygen atoms in total.